The number of thiocarbonyl (C=S) groups is 1. The molecule has 116 valence electrons. The Bertz CT molecular complexity index is 633. The number of nitrogens with one attached hydrogen (secondary N) is 1. The average Bonchev–Trinajstić information content (AvgIpc) is 3.05. The predicted molar refractivity (Wildman–Crippen MR) is 93.0 cm³/mol. The molecule has 6 heteroatoms. The first-order chi connectivity index (χ1) is 10.5. The Hall–Kier alpha value is -2.21. The molecule has 1 aromatic heterocycles. The molecule has 0 bridgehead atoms. The Morgan fingerprint density at radius 3 is 2.64 bits per heavy atom. The van der Waals surface area contributed by atoms with E-state index >= 15 is 0 Å². The molecule has 0 spiro atoms. The van der Waals surface area contributed by atoms with Crippen molar-refractivity contribution in [3.05, 3.63) is 54.6 Å². The largest absolute Gasteiger partial charge is 0.359 e. The van der Waals surface area contributed by atoms with Crippen LogP contribution in [0.3, 0.4) is 0 Å². The minimum Gasteiger partial charge on any atom is -0.359 e. The van der Waals surface area contributed by atoms with Gasteiger partial charge in [-0.05, 0) is 43.8 Å². The van der Waals surface area contributed by atoms with Gasteiger partial charge in [0.1, 0.15) is 12.7 Å². The van der Waals surface area contributed by atoms with E-state index < -0.39 is 0 Å². The first-order valence-corrected chi connectivity index (χ1v) is 7.50. The molecule has 5 nitrogen and oxygen atoms in total. The molecule has 0 fully saturated rings. The molecule has 0 aliphatic heterocycles. The highest BCUT2D eigenvalue weighted by atomic mass is 32.1. The SMILES string of the molecule is C=C(C)CNC(=S)N(C)[C@@H](C)c1ccc(-n2cncn2)cc1. The molecule has 2 rings (SSSR count). The average molecular weight is 315 g/mol. The van der Waals surface area contributed by atoms with Gasteiger partial charge in [-0.25, -0.2) is 9.67 Å². The van der Waals surface area contributed by atoms with Gasteiger partial charge in [0, 0.05) is 13.6 Å². The summed E-state index contributed by atoms with van der Waals surface area (Å²) in [5, 5.41) is 8.04. The van der Waals surface area contributed by atoms with Gasteiger partial charge in [-0.3, -0.25) is 0 Å². The Kier molecular flexibility index (Phi) is 5.27. The maximum atomic E-state index is 5.41. The topological polar surface area (TPSA) is 46.0 Å². The first-order valence-electron chi connectivity index (χ1n) is 7.09. The summed E-state index contributed by atoms with van der Waals surface area (Å²) >= 11 is 5.41. The van der Waals surface area contributed by atoms with Gasteiger partial charge < -0.3 is 10.2 Å². The smallest absolute Gasteiger partial charge is 0.169 e. The van der Waals surface area contributed by atoms with Crippen LogP contribution in [-0.4, -0.2) is 38.4 Å². The van der Waals surface area contributed by atoms with Crippen LogP contribution >= 0.6 is 12.2 Å². The van der Waals surface area contributed by atoms with Crippen molar-refractivity contribution in [2.24, 2.45) is 0 Å². The lowest BCUT2D eigenvalue weighted by Gasteiger charge is -2.28. The number of aromatic nitrogens is 3. The Labute approximate surface area is 136 Å². The van der Waals surface area contributed by atoms with Crippen LogP contribution in [0.5, 0.6) is 0 Å². The van der Waals surface area contributed by atoms with E-state index in [0.717, 1.165) is 16.4 Å². The summed E-state index contributed by atoms with van der Waals surface area (Å²) in [7, 11) is 1.99. The lowest BCUT2D eigenvalue weighted by Crippen LogP contribution is -2.39. The minimum absolute atomic E-state index is 0.176. The molecule has 1 N–H and O–H groups in total. The molecule has 0 radical (unpaired) electrons. The lowest BCUT2D eigenvalue weighted by molar-refractivity contribution is 0.397. The molecule has 1 aromatic carbocycles. The van der Waals surface area contributed by atoms with Crippen LogP contribution in [0.1, 0.15) is 25.5 Å². The van der Waals surface area contributed by atoms with E-state index in [1.165, 1.54) is 11.9 Å². The van der Waals surface area contributed by atoms with Crippen LogP contribution < -0.4 is 5.32 Å². The molecule has 0 aliphatic rings. The monoisotopic (exact) mass is 315 g/mol. The fourth-order valence-corrected chi connectivity index (χ4v) is 2.23. The highest BCUT2D eigenvalue weighted by molar-refractivity contribution is 7.80. The maximum absolute atomic E-state index is 5.41. The van der Waals surface area contributed by atoms with Crippen LogP contribution in [-0.2, 0) is 0 Å². The molecule has 2 aromatic rings. The number of hydrogen-bond donors (Lipinski definition) is 1. The molecular formula is C16H21N5S. The number of benzene rings is 1. The van der Waals surface area contributed by atoms with Gasteiger partial charge in [0.25, 0.3) is 0 Å². The minimum atomic E-state index is 0.176. The molecule has 0 saturated heterocycles. The van der Waals surface area contributed by atoms with E-state index in [2.05, 4.69) is 41.0 Å². The van der Waals surface area contributed by atoms with Gasteiger partial charge in [0.2, 0.25) is 0 Å². The second-order valence-corrected chi connectivity index (χ2v) is 5.72. The van der Waals surface area contributed by atoms with E-state index in [1.807, 2.05) is 31.0 Å². The quantitative estimate of drug-likeness (QED) is 0.679. The Morgan fingerprint density at radius 2 is 2.09 bits per heavy atom. The molecule has 1 atom stereocenters. The van der Waals surface area contributed by atoms with Crippen molar-refractivity contribution in [2.45, 2.75) is 19.9 Å². The third kappa shape index (κ3) is 3.92. The van der Waals surface area contributed by atoms with Crippen molar-refractivity contribution >= 4 is 17.3 Å². The van der Waals surface area contributed by atoms with Crippen LogP contribution in [0.15, 0.2) is 49.1 Å². The van der Waals surface area contributed by atoms with Gasteiger partial charge in [0.05, 0.1) is 11.7 Å². The van der Waals surface area contributed by atoms with Crippen LogP contribution in [0.25, 0.3) is 5.69 Å². The summed E-state index contributed by atoms with van der Waals surface area (Å²) in [4.78, 5) is 6.00. The van der Waals surface area contributed by atoms with Gasteiger partial charge in [-0.15, -0.1) is 0 Å². The second-order valence-electron chi connectivity index (χ2n) is 5.33. The highest BCUT2D eigenvalue weighted by Crippen LogP contribution is 2.20. The molecule has 0 aliphatic carbocycles. The van der Waals surface area contributed by atoms with Crippen molar-refractivity contribution in [2.75, 3.05) is 13.6 Å². The maximum Gasteiger partial charge on any atom is 0.169 e. The van der Waals surface area contributed by atoms with Crippen LogP contribution in [0.4, 0.5) is 0 Å². The normalized spacial score (nSPS) is 11.8. The molecule has 0 amide bonds. The van der Waals surface area contributed by atoms with E-state index in [-0.39, 0.29) is 6.04 Å². The molecule has 22 heavy (non-hydrogen) atoms. The molecule has 0 saturated carbocycles. The zero-order valence-electron chi connectivity index (χ0n) is 13.2. The van der Waals surface area contributed by atoms with E-state index in [4.69, 9.17) is 12.2 Å². The summed E-state index contributed by atoms with van der Waals surface area (Å²) in [6, 6.07) is 8.39. The summed E-state index contributed by atoms with van der Waals surface area (Å²) < 4.78 is 1.73. The van der Waals surface area contributed by atoms with Crippen LogP contribution in [0.2, 0.25) is 0 Å². The van der Waals surface area contributed by atoms with Crippen molar-refractivity contribution < 1.29 is 0 Å². The molecular weight excluding hydrogens is 294 g/mol. The van der Waals surface area contributed by atoms with Gasteiger partial charge in [0.15, 0.2) is 5.11 Å². The zero-order chi connectivity index (χ0) is 16.1. The Morgan fingerprint density at radius 1 is 1.41 bits per heavy atom. The fourth-order valence-electron chi connectivity index (χ4n) is 2.00. The van der Waals surface area contributed by atoms with Crippen LogP contribution in [0, 0.1) is 0 Å². The van der Waals surface area contributed by atoms with Crippen molar-refractivity contribution in [1.29, 1.82) is 0 Å². The first kappa shape index (κ1) is 16.2. The highest BCUT2D eigenvalue weighted by Gasteiger charge is 2.14. The fraction of sp³-hybridized carbons (Fsp3) is 0.312. The zero-order valence-corrected chi connectivity index (χ0v) is 14.0. The standard InChI is InChI=1S/C16H21N5S/c1-12(2)9-18-16(22)20(4)13(3)14-5-7-15(8-6-14)21-11-17-10-19-21/h5-8,10-11,13H,1,9H2,2-4H3,(H,18,22)/t13-/m0/s1. The van der Waals surface area contributed by atoms with Gasteiger partial charge >= 0.3 is 0 Å². The van der Waals surface area contributed by atoms with Crippen molar-refractivity contribution in [3.8, 4) is 5.69 Å². The molecule has 0 unspecified atom stereocenters. The predicted octanol–water partition coefficient (Wildman–Crippen LogP) is 2.71. The third-order valence-corrected chi connectivity index (χ3v) is 3.93. The summed E-state index contributed by atoms with van der Waals surface area (Å²) in [5.74, 6) is 0. The second kappa shape index (κ2) is 7.17. The number of nitrogens with zero attached hydrogens (tertiary/aromatic N) is 4. The van der Waals surface area contributed by atoms with Crippen molar-refractivity contribution in [1.82, 2.24) is 25.0 Å². The lowest BCUT2D eigenvalue weighted by atomic mass is 10.1. The summed E-state index contributed by atoms with van der Waals surface area (Å²) in [6.07, 6.45) is 3.21. The van der Waals surface area contributed by atoms with Gasteiger partial charge in [-0.1, -0.05) is 24.3 Å². The van der Waals surface area contributed by atoms with E-state index in [1.54, 1.807) is 11.0 Å². The van der Waals surface area contributed by atoms with Crippen molar-refractivity contribution in [3.63, 3.8) is 0 Å². The molecule has 1 heterocycles. The summed E-state index contributed by atoms with van der Waals surface area (Å²) in [5.41, 5.74) is 3.23. The van der Waals surface area contributed by atoms with Gasteiger partial charge in [-0.2, -0.15) is 5.10 Å². The number of rotatable bonds is 5. The van der Waals surface area contributed by atoms with E-state index in [0.29, 0.717) is 6.54 Å². The van der Waals surface area contributed by atoms with E-state index in [9.17, 15) is 0 Å². The summed E-state index contributed by atoms with van der Waals surface area (Å²) in [6.45, 7) is 8.66. The Balaban J connectivity index is 2.04. The number of hydrogen-bond acceptors (Lipinski definition) is 3. The third-order valence-electron chi connectivity index (χ3n) is 3.50.